The molecule has 1 N–H and O–H groups in total. The second-order valence-electron chi connectivity index (χ2n) is 5.34. The topological polar surface area (TPSA) is 34.2 Å². The maximum Gasteiger partial charge on any atom is 0.184 e. The Bertz CT molecular complexity index is 611. The Morgan fingerprint density at radius 3 is 3.05 bits per heavy atom. The van der Waals surface area contributed by atoms with Crippen LogP contribution in [0.5, 0.6) is 0 Å². The van der Waals surface area contributed by atoms with Gasteiger partial charge >= 0.3 is 0 Å². The van der Waals surface area contributed by atoms with Gasteiger partial charge in [0.1, 0.15) is 5.82 Å². The fourth-order valence-corrected chi connectivity index (χ4v) is 3.73. The van der Waals surface area contributed by atoms with Crippen LogP contribution in [0.3, 0.4) is 0 Å². The third-order valence-electron chi connectivity index (χ3n) is 3.88. The Balaban J connectivity index is 1.57. The molecule has 1 saturated carbocycles. The summed E-state index contributed by atoms with van der Waals surface area (Å²) in [5.74, 6) is 0.523. The molecule has 100 valence electrons. The molecule has 4 rings (SSSR count). The minimum Gasteiger partial charge on any atom is -0.376 e. The van der Waals surface area contributed by atoms with Crippen molar-refractivity contribution in [3.63, 3.8) is 0 Å². The SMILES string of the molecule is Fc1ccc2nc(NC3CCOC3C3CC3)sc2c1. The van der Waals surface area contributed by atoms with Gasteiger partial charge in [-0.1, -0.05) is 11.3 Å². The number of ether oxygens (including phenoxy) is 1. The highest BCUT2D eigenvalue weighted by atomic mass is 32.1. The number of aromatic nitrogens is 1. The monoisotopic (exact) mass is 278 g/mol. The van der Waals surface area contributed by atoms with E-state index in [1.807, 2.05) is 0 Å². The van der Waals surface area contributed by atoms with Crippen LogP contribution in [0.2, 0.25) is 0 Å². The highest BCUT2D eigenvalue weighted by molar-refractivity contribution is 7.22. The van der Waals surface area contributed by atoms with Gasteiger partial charge in [-0.3, -0.25) is 0 Å². The number of benzene rings is 1. The average Bonchev–Trinajstić information content (AvgIpc) is 3.00. The number of hydrogen-bond donors (Lipinski definition) is 1. The molecule has 0 radical (unpaired) electrons. The lowest BCUT2D eigenvalue weighted by Gasteiger charge is -2.18. The van der Waals surface area contributed by atoms with E-state index in [4.69, 9.17) is 4.74 Å². The van der Waals surface area contributed by atoms with Crippen LogP contribution in [-0.4, -0.2) is 23.7 Å². The number of halogens is 1. The van der Waals surface area contributed by atoms with Crippen molar-refractivity contribution in [3.05, 3.63) is 24.0 Å². The van der Waals surface area contributed by atoms with Crippen LogP contribution in [0.1, 0.15) is 19.3 Å². The Morgan fingerprint density at radius 1 is 1.32 bits per heavy atom. The first-order valence-electron chi connectivity index (χ1n) is 6.74. The lowest BCUT2D eigenvalue weighted by Crippen LogP contribution is -2.30. The van der Waals surface area contributed by atoms with Gasteiger partial charge in [-0.2, -0.15) is 0 Å². The molecule has 5 heteroatoms. The standard InChI is InChI=1S/C14H15FN2OS/c15-9-3-4-10-12(7-9)19-14(16-10)17-11-5-6-18-13(11)8-1-2-8/h3-4,7-8,11,13H,1-2,5-6H2,(H,16,17). The van der Waals surface area contributed by atoms with Crippen molar-refractivity contribution in [1.82, 2.24) is 4.98 Å². The quantitative estimate of drug-likeness (QED) is 0.934. The van der Waals surface area contributed by atoms with E-state index in [-0.39, 0.29) is 5.82 Å². The second kappa shape index (κ2) is 4.42. The van der Waals surface area contributed by atoms with Gasteiger partial charge < -0.3 is 10.1 Å². The third-order valence-corrected chi connectivity index (χ3v) is 4.83. The smallest absolute Gasteiger partial charge is 0.184 e. The van der Waals surface area contributed by atoms with Crippen molar-refractivity contribution in [2.24, 2.45) is 5.92 Å². The van der Waals surface area contributed by atoms with E-state index < -0.39 is 0 Å². The van der Waals surface area contributed by atoms with Crippen molar-refractivity contribution in [2.75, 3.05) is 11.9 Å². The third kappa shape index (κ3) is 2.21. The van der Waals surface area contributed by atoms with Crippen LogP contribution in [-0.2, 0) is 4.74 Å². The van der Waals surface area contributed by atoms with Gasteiger partial charge in [-0.05, 0) is 43.4 Å². The van der Waals surface area contributed by atoms with Crippen molar-refractivity contribution in [3.8, 4) is 0 Å². The van der Waals surface area contributed by atoms with Crippen molar-refractivity contribution >= 4 is 26.7 Å². The van der Waals surface area contributed by atoms with Crippen LogP contribution >= 0.6 is 11.3 Å². The first kappa shape index (κ1) is 11.6. The van der Waals surface area contributed by atoms with E-state index in [2.05, 4.69) is 10.3 Å². The minimum atomic E-state index is -0.206. The van der Waals surface area contributed by atoms with Crippen molar-refractivity contribution < 1.29 is 9.13 Å². The Hall–Kier alpha value is -1.20. The molecule has 2 fully saturated rings. The number of thiazole rings is 1. The predicted molar refractivity (Wildman–Crippen MR) is 74.1 cm³/mol. The molecular formula is C14H15FN2OS. The fourth-order valence-electron chi connectivity index (χ4n) is 2.77. The molecule has 2 aromatic rings. The first-order valence-corrected chi connectivity index (χ1v) is 7.55. The lowest BCUT2D eigenvalue weighted by molar-refractivity contribution is 0.0898. The summed E-state index contributed by atoms with van der Waals surface area (Å²) >= 11 is 1.51. The van der Waals surface area contributed by atoms with Crippen LogP contribution in [0.4, 0.5) is 9.52 Å². The number of anilines is 1. The van der Waals surface area contributed by atoms with E-state index in [0.29, 0.717) is 12.1 Å². The Kier molecular flexibility index (Phi) is 2.70. The lowest BCUT2D eigenvalue weighted by atomic mass is 10.1. The summed E-state index contributed by atoms with van der Waals surface area (Å²) < 4.78 is 19.9. The second-order valence-corrected chi connectivity index (χ2v) is 6.37. The molecule has 0 spiro atoms. The van der Waals surface area contributed by atoms with Gasteiger partial charge in [0.2, 0.25) is 0 Å². The minimum absolute atomic E-state index is 0.206. The van der Waals surface area contributed by atoms with E-state index in [0.717, 1.165) is 34.3 Å². The molecule has 19 heavy (non-hydrogen) atoms. The molecule has 1 aromatic carbocycles. The molecule has 2 atom stereocenters. The molecular weight excluding hydrogens is 263 g/mol. The molecule has 1 aromatic heterocycles. The number of hydrogen-bond acceptors (Lipinski definition) is 4. The van der Waals surface area contributed by atoms with Crippen LogP contribution in [0.15, 0.2) is 18.2 Å². The summed E-state index contributed by atoms with van der Waals surface area (Å²) in [6, 6.07) is 5.09. The van der Waals surface area contributed by atoms with Gasteiger partial charge in [-0.25, -0.2) is 9.37 Å². The molecule has 2 heterocycles. The molecule has 1 aliphatic carbocycles. The molecule has 3 nitrogen and oxygen atoms in total. The molecule has 0 amide bonds. The highest BCUT2D eigenvalue weighted by Gasteiger charge is 2.40. The first-order chi connectivity index (χ1) is 9.29. The summed E-state index contributed by atoms with van der Waals surface area (Å²) in [5, 5.41) is 4.36. The molecule has 1 aliphatic heterocycles. The maximum atomic E-state index is 13.2. The maximum absolute atomic E-state index is 13.2. The Morgan fingerprint density at radius 2 is 2.21 bits per heavy atom. The number of nitrogens with zero attached hydrogens (tertiary/aromatic N) is 1. The van der Waals surface area contributed by atoms with Gasteiger partial charge in [0.05, 0.1) is 22.4 Å². The summed E-state index contributed by atoms with van der Waals surface area (Å²) in [7, 11) is 0. The van der Waals surface area contributed by atoms with Crippen LogP contribution < -0.4 is 5.32 Å². The zero-order valence-electron chi connectivity index (χ0n) is 10.4. The summed E-state index contributed by atoms with van der Waals surface area (Å²) in [6.07, 6.45) is 3.94. The van der Waals surface area contributed by atoms with Crippen molar-refractivity contribution in [1.29, 1.82) is 0 Å². The van der Waals surface area contributed by atoms with Crippen LogP contribution in [0.25, 0.3) is 10.2 Å². The molecule has 2 aliphatic rings. The van der Waals surface area contributed by atoms with Gasteiger partial charge in [0, 0.05) is 6.61 Å². The molecule has 2 unspecified atom stereocenters. The van der Waals surface area contributed by atoms with Crippen LogP contribution in [0, 0.1) is 11.7 Å². The normalized spacial score (nSPS) is 27.0. The largest absolute Gasteiger partial charge is 0.376 e. The van der Waals surface area contributed by atoms with E-state index in [1.165, 1.54) is 30.2 Å². The summed E-state index contributed by atoms with van der Waals surface area (Å²) in [4.78, 5) is 4.52. The highest BCUT2D eigenvalue weighted by Crippen LogP contribution is 2.40. The van der Waals surface area contributed by atoms with E-state index in [1.54, 1.807) is 12.1 Å². The Labute approximate surface area is 114 Å². The van der Waals surface area contributed by atoms with Gasteiger partial charge in [-0.15, -0.1) is 0 Å². The number of nitrogens with one attached hydrogen (secondary N) is 1. The van der Waals surface area contributed by atoms with E-state index in [9.17, 15) is 4.39 Å². The van der Waals surface area contributed by atoms with Crippen molar-refractivity contribution in [2.45, 2.75) is 31.4 Å². The van der Waals surface area contributed by atoms with E-state index >= 15 is 0 Å². The summed E-state index contributed by atoms with van der Waals surface area (Å²) in [5.41, 5.74) is 0.857. The summed E-state index contributed by atoms with van der Waals surface area (Å²) in [6.45, 7) is 0.832. The number of fused-ring (bicyclic) bond motifs is 1. The molecule has 1 saturated heterocycles. The fraction of sp³-hybridized carbons (Fsp3) is 0.500. The number of rotatable bonds is 3. The zero-order valence-corrected chi connectivity index (χ0v) is 11.3. The zero-order chi connectivity index (χ0) is 12.8. The molecule has 0 bridgehead atoms. The van der Waals surface area contributed by atoms with Gasteiger partial charge in [0.25, 0.3) is 0 Å². The average molecular weight is 278 g/mol. The van der Waals surface area contributed by atoms with Gasteiger partial charge in [0.15, 0.2) is 5.13 Å². The predicted octanol–water partition coefficient (Wildman–Crippen LogP) is 3.41.